The fraction of sp³-hybridized carbons (Fsp3) is 0.500. The zero-order valence-electron chi connectivity index (χ0n) is 16.3. The van der Waals surface area contributed by atoms with Gasteiger partial charge in [0, 0.05) is 13.1 Å². The largest absolute Gasteiger partial charge is 0.454 e. The molecular weight excluding hydrogens is 386 g/mol. The molecule has 9 nitrogen and oxygen atoms in total. The lowest BCUT2D eigenvalue weighted by molar-refractivity contribution is -0.151. The number of imide groups is 1. The average molecular weight is 411 g/mol. The van der Waals surface area contributed by atoms with Gasteiger partial charge in [-0.25, -0.2) is 13.2 Å². The first kappa shape index (κ1) is 21.8. The number of nitrogens with zero attached hydrogens (tertiary/aromatic N) is 1. The highest BCUT2D eigenvalue weighted by Crippen LogP contribution is 2.23. The van der Waals surface area contributed by atoms with Crippen molar-refractivity contribution in [1.29, 1.82) is 0 Å². The molecule has 28 heavy (non-hydrogen) atoms. The number of carbonyl (C=O) groups excluding carboxylic acids is 3. The summed E-state index contributed by atoms with van der Waals surface area (Å²) in [6.45, 7) is 7.25. The topological polar surface area (TPSA) is 122 Å². The molecule has 1 atom stereocenters. The number of ether oxygens (including phenoxy) is 1. The van der Waals surface area contributed by atoms with Crippen LogP contribution in [0.2, 0.25) is 0 Å². The molecule has 1 fully saturated rings. The van der Waals surface area contributed by atoms with E-state index in [1.807, 2.05) is 20.8 Å². The van der Waals surface area contributed by atoms with Crippen molar-refractivity contribution in [2.45, 2.75) is 44.0 Å². The van der Waals surface area contributed by atoms with Crippen LogP contribution in [0.3, 0.4) is 0 Å². The van der Waals surface area contributed by atoms with E-state index in [0.29, 0.717) is 6.54 Å². The van der Waals surface area contributed by atoms with Crippen LogP contribution in [0.15, 0.2) is 29.2 Å². The zero-order chi connectivity index (χ0) is 21.1. The summed E-state index contributed by atoms with van der Waals surface area (Å²) in [5, 5.41) is 2.46. The van der Waals surface area contributed by atoms with Crippen molar-refractivity contribution in [3.63, 3.8) is 0 Å². The minimum absolute atomic E-state index is 0.0185. The molecule has 1 aromatic carbocycles. The number of sulfonamides is 1. The van der Waals surface area contributed by atoms with Crippen molar-refractivity contribution >= 4 is 27.9 Å². The monoisotopic (exact) mass is 411 g/mol. The van der Waals surface area contributed by atoms with E-state index in [-0.39, 0.29) is 16.9 Å². The number of urea groups is 1. The molecule has 0 aliphatic carbocycles. The highest BCUT2D eigenvalue weighted by Gasteiger charge is 2.28. The lowest BCUT2D eigenvalue weighted by Crippen LogP contribution is -2.42. The Kier molecular flexibility index (Phi) is 6.45. The second kappa shape index (κ2) is 8.27. The van der Waals surface area contributed by atoms with Crippen LogP contribution < -0.4 is 10.0 Å². The van der Waals surface area contributed by atoms with Crippen molar-refractivity contribution in [2.24, 2.45) is 0 Å². The van der Waals surface area contributed by atoms with Gasteiger partial charge in [0.05, 0.1) is 4.90 Å². The summed E-state index contributed by atoms with van der Waals surface area (Å²) < 4.78 is 32.0. The molecule has 1 saturated heterocycles. The number of hydrogen-bond acceptors (Lipinski definition) is 6. The van der Waals surface area contributed by atoms with Gasteiger partial charge in [-0.1, -0.05) is 32.9 Å². The Morgan fingerprint density at radius 1 is 1.25 bits per heavy atom. The molecule has 2 N–H and O–H groups in total. The van der Waals surface area contributed by atoms with Gasteiger partial charge in [-0.2, -0.15) is 4.72 Å². The first-order chi connectivity index (χ1) is 12.9. The van der Waals surface area contributed by atoms with Gasteiger partial charge in [-0.15, -0.1) is 0 Å². The third kappa shape index (κ3) is 5.29. The predicted molar refractivity (Wildman–Crippen MR) is 101 cm³/mol. The summed E-state index contributed by atoms with van der Waals surface area (Å²) in [5.74, 6) is -1.58. The van der Waals surface area contributed by atoms with Crippen molar-refractivity contribution in [1.82, 2.24) is 14.9 Å². The fourth-order valence-electron chi connectivity index (χ4n) is 2.53. The van der Waals surface area contributed by atoms with E-state index >= 15 is 0 Å². The van der Waals surface area contributed by atoms with Crippen LogP contribution in [0, 0.1) is 0 Å². The first-order valence-corrected chi connectivity index (χ1v) is 10.3. The van der Waals surface area contributed by atoms with E-state index in [0.717, 1.165) is 10.5 Å². The molecule has 1 aliphatic rings. The predicted octanol–water partition coefficient (Wildman–Crippen LogP) is 0.746. The van der Waals surface area contributed by atoms with Crippen molar-refractivity contribution in [3.8, 4) is 0 Å². The molecule has 3 amide bonds. The fourth-order valence-corrected chi connectivity index (χ4v) is 3.72. The summed E-state index contributed by atoms with van der Waals surface area (Å²) in [6.07, 6.45) is 0. The summed E-state index contributed by atoms with van der Waals surface area (Å²) in [5.41, 5.74) is 0.856. The maximum absolute atomic E-state index is 12.5. The lowest BCUT2D eigenvalue weighted by atomic mass is 9.87. The molecule has 10 heteroatoms. The second-order valence-corrected chi connectivity index (χ2v) is 9.22. The van der Waals surface area contributed by atoms with Gasteiger partial charge in [0.1, 0.15) is 6.04 Å². The molecule has 154 valence electrons. The van der Waals surface area contributed by atoms with Crippen LogP contribution in [-0.4, -0.2) is 57.0 Å². The van der Waals surface area contributed by atoms with Gasteiger partial charge < -0.3 is 10.1 Å². The number of carbonyl (C=O) groups is 3. The Balaban J connectivity index is 1.94. The van der Waals surface area contributed by atoms with E-state index in [4.69, 9.17) is 4.74 Å². The molecule has 0 bridgehead atoms. The number of esters is 1. The first-order valence-electron chi connectivity index (χ1n) is 8.79. The van der Waals surface area contributed by atoms with E-state index in [1.54, 1.807) is 12.1 Å². The van der Waals surface area contributed by atoms with Crippen LogP contribution in [0.25, 0.3) is 0 Å². The molecular formula is C18H25N3O6S. The van der Waals surface area contributed by atoms with E-state index in [2.05, 4.69) is 10.0 Å². The summed E-state index contributed by atoms with van der Waals surface area (Å²) in [4.78, 5) is 36.2. The Morgan fingerprint density at radius 3 is 2.36 bits per heavy atom. The third-order valence-corrected chi connectivity index (χ3v) is 5.77. The van der Waals surface area contributed by atoms with Gasteiger partial charge >= 0.3 is 12.0 Å². The molecule has 1 aliphatic heterocycles. The Labute approximate surface area is 164 Å². The van der Waals surface area contributed by atoms with Crippen LogP contribution in [0.5, 0.6) is 0 Å². The maximum atomic E-state index is 12.5. The Hall–Kier alpha value is -2.46. The Bertz CT molecular complexity index is 858. The smallest absolute Gasteiger partial charge is 0.324 e. The SMILES string of the molecule is C[C@H](NS(=O)(=O)c1ccc(C(C)(C)C)cc1)C(=O)OCC(=O)N1CCNC1=O. The van der Waals surface area contributed by atoms with Crippen LogP contribution in [0.4, 0.5) is 4.79 Å². The van der Waals surface area contributed by atoms with Crippen LogP contribution in [-0.2, 0) is 29.8 Å². The normalized spacial score (nSPS) is 15.9. The standard InChI is InChI=1S/C18H25N3O6S/c1-12(16(23)27-11-15(22)21-10-9-19-17(21)24)20-28(25,26)14-7-5-13(6-8-14)18(2,3)4/h5-8,12,20H,9-11H2,1-4H3,(H,19,24)/t12-/m0/s1. The summed E-state index contributed by atoms with van der Waals surface area (Å²) in [7, 11) is -3.94. The van der Waals surface area contributed by atoms with Gasteiger partial charge in [0.2, 0.25) is 10.0 Å². The molecule has 1 aromatic rings. The van der Waals surface area contributed by atoms with Crippen molar-refractivity contribution in [3.05, 3.63) is 29.8 Å². The molecule has 0 spiro atoms. The molecule has 0 saturated carbocycles. The summed E-state index contributed by atoms with van der Waals surface area (Å²) in [6, 6.07) is 4.63. The van der Waals surface area contributed by atoms with E-state index in [1.165, 1.54) is 19.1 Å². The second-order valence-electron chi connectivity index (χ2n) is 7.50. The highest BCUT2D eigenvalue weighted by molar-refractivity contribution is 7.89. The molecule has 0 radical (unpaired) electrons. The number of amides is 3. The van der Waals surface area contributed by atoms with E-state index in [9.17, 15) is 22.8 Å². The number of nitrogens with one attached hydrogen (secondary N) is 2. The summed E-state index contributed by atoms with van der Waals surface area (Å²) >= 11 is 0. The Morgan fingerprint density at radius 2 is 1.86 bits per heavy atom. The molecule has 2 rings (SSSR count). The van der Waals surface area contributed by atoms with E-state index < -0.39 is 40.6 Å². The lowest BCUT2D eigenvalue weighted by Gasteiger charge is -2.19. The van der Waals surface area contributed by atoms with Crippen molar-refractivity contribution < 1.29 is 27.5 Å². The molecule has 0 unspecified atom stereocenters. The molecule has 0 aromatic heterocycles. The van der Waals surface area contributed by atoms with Gasteiger partial charge in [0.25, 0.3) is 5.91 Å². The quantitative estimate of drug-likeness (QED) is 0.666. The maximum Gasteiger partial charge on any atom is 0.324 e. The van der Waals surface area contributed by atoms with Crippen molar-refractivity contribution in [2.75, 3.05) is 19.7 Å². The average Bonchev–Trinajstić information content (AvgIpc) is 3.04. The molecule has 1 heterocycles. The van der Waals surface area contributed by atoms with Crippen LogP contribution >= 0.6 is 0 Å². The number of hydrogen-bond donors (Lipinski definition) is 2. The number of rotatable bonds is 6. The zero-order valence-corrected chi connectivity index (χ0v) is 17.1. The number of benzene rings is 1. The minimum atomic E-state index is -3.94. The van der Waals surface area contributed by atoms with Gasteiger partial charge in [0.15, 0.2) is 6.61 Å². The minimum Gasteiger partial charge on any atom is -0.454 e. The highest BCUT2D eigenvalue weighted by atomic mass is 32.2. The van der Waals surface area contributed by atoms with Crippen LogP contribution in [0.1, 0.15) is 33.3 Å². The van der Waals surface area contributed by atoms with Gasteiger partial charge in [-0.05, 0) is 30.0 Å². The third-order valence-electron chi connectivity index (χ3n) is 4.21. The van der Waals surface area contributed by atoms with Gasteiger partial charge in [-0.3, -0.25) is 14.5 Å².